The van der Waals surface area contributed by atoms with Crippen LogP contribution in [0.1, 0.15) is 50.7 Å². The van der Waals surface area contributed by atoms with Gasteiger partial charge in [0, 0.05) is 16.5 Å². The largest absolute Gasteiger partial charge is 0.273 e. The third-order valence-electron chi connectivity index (χ3n) is 5.45. The maximum absolute atomic E-state index is 12.9. The molecule has 1 aliphatic rings. The van der Waals surface area contributed by atoms with Crippen LogP contribution in [0.2, 0.25) is 5.02 Å². The highest BCUT2D eigenvalue weighted by molar-refractivity contribution is 6.31. The topological polar surface area (TPSA) is 120 Å². The van der Waals surface area contributed by atoms with Crippen LogP contribution in [0.4, 0.5) is 0 Å². The van der Waals surface area contributed by atoms with Gasteiger partial charge >= 0.3 is 0 Å². The second-order valence-corrected chi connectivity index (χ2v) is 8.18. The van der Waals surface area contributed by atoms with Crippen molar-refractivity contribution in [1.29, 1.82) is 0 Å². The van der Waals surface area contributed by atoms with E-state index in [1.54, 1.807) is 28.9 Å². The van der Waals surface area contributed by atoms with E-state index in [1.807, 2.05) is 25.1 Å². The van der Waals surface area contributed by atoms with Crippen LogP contribution in [0.25, 0.3) is 11.4 Å². The van der Waals surface area contributed by atoms with Gasteiger partial charge in [0.2, 0.25) is 0 Å². The smallest absolute Gasteiger partial charge is 0.267 e. The Kier molecular flexibility index (Phi) is 5.35. The molecule has 0 bridgehead atoms. The number of rotatable bonds is 5. The summed E-state index contributed by atoms with van der Waals surface area (Å²) in [7, 11) is 0. The number of hydrogen-bond acceptors (Lipinski definition) is 6. The Labute approximate surface area is 193 Å². The molecule has 0 spiro atoms. The minimum atomic E-state index is -0.447. The Hall–Kier alpha value is -4.05. The Morgan fingerprint density at radius 3 is 2.42 bits per heavy atom. The summed E-state index contributed by atoms with van der Waals surface area (Å²) in [6.07, 6.45) is 4.93. The van der Waals surface area contributed by atoms with Crippen molar-refractivity contribution in [2.24, 2.45) is 0 Å². The van der Waals surface area contributed by atoms with E-state index in [9.17, 15) is 9.59 Å². The lowest BCUT2D eigenvalue weighted by Gasteiger charge is -2.11. The fourth-order valence-electron chi connectivity index (χ4n) is 3.50. The zero-order valence-corrected chi connectivity index (χ0v) is 18.3. The van der Waals surface area contributed by atoms with Gasteiger partial charge in [-0.05, 0) is 72.2 Å². The monoisotopic (exact) mass is 462 g/mol. The van der Waals surface area contributed by atoms with Crippen LogP contribution in [0, 0.1) is 6.92 Å². The average molecular weight is 463 g/mol. The number of aromatic nitrogens is 6. The predicted molar refractivity (Wildman–Crippen MR) is 119 cm³/mol. The standard InChI is InChI=1S/C22H19ClN8O2/c1-13-2-7-17(10-19(13)23)31-20(14-3-4-14)18(11-25-31)22(33)27-26-21(32)15-5-8-16(9-6-15)30-12-24-28-29-30/h2,5-12,14H,3-4H2,1H3,(H,26,32)(H,27,33). The first kappa shape index (κ1) is 20.8. The van der Waals surface area contributed by atoms with Gasteiger partial charge in [0.25, 0.3) is 11.8 Å². The van der Waals surface area contributed by atoms with E-state index < -0.39 is 11.8 Å². The number of carbonyl (C=O) groups excluding carboxylic acids is 2. The maximum atomic E-state index is 12.9. The molecule has 4 aromatic rings. The third kappa shape index (κ3) is 4.20. The molecule has 0 aliphatic heterocycles. The van der Waals surface area contributed by atoms with Gasteiger partial charge in [-0.15, -0.1) is 5.10 Å². The molecule has 1 fully saturated rings. The lowest BCUT2D eigenvalue weighted by atomic mass is 10.1. The summed E-state index contributed by atoms with van der Waals surface area (Å²) in [6.45, 7) is 1.93. The van der Waals surface area contributed by atoms with E-state index in [4.69, 9.17) is 11.6 Å². The van der Waals surface area contributed by atoms with Crippen LogP contribution in [0.5, 0.6) is 0 Å². The fourth-order valence-corrected chi connectivity index (χ4v) is 3.67. The zero-order valence-electron chi connectivity index (χ0n) is 17.6. The first-order chi connectivity index (χ1) is 16.0. The minimum Gasteiger partial charge on any atom is -0.267 e. The zero-order chi connectivity index (χ0) is 22.9. The molecular formula is C22H19ClN8O2. The summed E-state index contributed by atoms with van der Waals surface area (Å²) in [6, 6.07) is 12.3. The van der Waals surface area contributed by atoms with Crippen molar-refractivity contribution in [3.63, 3.8) is 0 Å². The average Bonchev–Trinajstić information content (AvgIpc) is 3.33. The van der Waals surface area contributed by atoms with E-state index in [0.29, 0.717) is 21.8 Å². The summed E-state index contributed by atoms with van der Waals surface area (Å²) in [4.78, 5) is 25.4. The number of nitrogens with one attached hydrogen (secondary N) is 2. The molecule has 2 heterocycles. The fraction of sp³-hybridized carbons (Fsp3) is 0.182. The molecule has 0 saturated heterocycles. The number of aryl methyl sites for hydroxylation is 1. The quantitative estimate of drug-likeness (QED) is 0.440. The first-order valence-electron chi connectivity index (χ1n) is 10.3. The second-order valence-electron chi connectivity index (χ2n) is 7.77. The van der Waals surface area contributed by atoms with E-state index in [-0.39, 0.29) is 5.92 Å². The number of tetrazole rings is 1. The summed E-state index contributed by atoms with van der Waals surface area (Å²) in [5, 5.41) is 16.0. The van der Waals surface area contributed by atoms with Gasteiger partial charge in [0.05, 0.1) is 28.8 Å². The summed E-state index contributed by atoms with van der Waals surface area (Å²) < 4.78 is 3.22. The number of hydrazine groups is 1. The molecule has 2 amide bonds. The van der Waals surface area contributed by atoms with Gasteiger partial charge in [-0.1, -0.05) is 17.7 Å². The molecular weight excluding hydrogens is 444 g/mol. The van der Waals surface area contributed by atoms with Gasteiger partial charge < -0.3 is 0 Å². The maximum Gasteiger partial charge on any atom is 0.273 e. The molecule has 33 heavy (non-hydrogen) atoms. The van der Waals surface area contributed by atoms with Crippen molar-refractivity contribution in [3.8, 4) is 11.4 Å². The van der Waals surface area contributed by atoms with Crippen LogP contribution in [-0.4, -0.2) is 41.8 Å². The van der Waals surface area contributed by atoms with Gasteiger partial charge in [0.1, 0.15) is 6.33 Å². The van der Waals surface area contributed by atoms with Gasteiger partial charge in [0.15, 0.2) is 0 Å². The summed E-state index contributed by atoms with van der Waals surface area (Å²) in [5.41, 5.74) is 9.02. The van der Waals surface area contributed by atoms with Crippen molar-refractivity contribution in [3.05, 3.63) is 82.4 Å². The predicted octanol–water partition coefficient (Wildman–Crippen LogP) is 2.76. The number of benzene rings is 2. The van der Waals surface area contributed by atoms with E-state index >= 15 is 0 Å². The van der Waals surface area contributed by atoms with Crippen molar-refractivity contribution in [2.45, 2.75) is 25.7 Å². The molecule has 11 heteroatoms. The van der Waals surface area contributed by atoms with E-state index in [1.165, 1.54) is 17.2 Å². The molecule has 2 aromatic heterocycles. The van der Waals surface area contributed by atoms with E-state index in [0.717, 1.165) is 29.8 Å². The number of carbonyl (C=O) groups is 2. The Morgan fingerprint density at radius 1 is 1.03 bits per heavy atom. The van der Waals surface area contributed by atoms with Gasteiger partial charge in [-0.3, -0.25) is 20.4 Å². The molecule has 1 aliphatic carbocycles. The number of hydrogen-bond donors (Lipinski definition) is 2. The first-order valence-corrected chi connectivity index (χ1v) is 10.7. The highest BCUT2D eigenvalue weighted by Gasteiger charge is 2.33. The van der Waals surface area contributed by atoms with Crippen LogP contribution in [-0.2, 0) is 0 Å². The Morgan fingerprint density at radius 2 is 1.76 bits per heavy atom. The molecule has 166 valence electrons. The van der Waals surface area contributed by atoms with Gasteiger partial charge in [-0.2, -0.15) is 5.10 Å². The molecule has 0 radical (unpaired) electrons. The van der Waals surface area contributed by atoms with Crippen LogP contribution in [0.15, 0.2) is 55.0 Å². The molecule has 1 saturated carbocycles. The van der Waals surface area contributed by atoms with Crippen LogP contribution < -0.4 is 10.9 Å². The van der Waals surface area contributed by atoms with Crippen LogP contribution in [0.3, 0.4) is 0 Å². The SMILES string of the molecule is Cc1ccc(-n2ncc(C(=O)NNC(=O)c3ccc(-n4cnnn4)cc3)c2C2CC2)cc1Cl. The van der Waals surface area contributed by atoms with Crippen molar-refractivity contribution < 1.29 is 9.59 Å². The highest BCUT2D eigenvalue weighted by Crippen LogP contribution is 2.42. The molecule has 0 unspecified atom stereocenters. The minimum absolute atomic E-state index is 0.239. The Balaban J connectivity index is 1.30. The normalized spacial score (nSPS) is 13.0. The highest BCUT2D eigenvalue weighted by atomic mass is 35.5. The molecule has 0 atom stereocenters. The van der Waals surface area contributed by atoms with Crippen molar-refractivity contribution >= 4 is 23.4 Å². The van der Waals surface area contributed by atoms with Crippen LogP contribution >= 0.6 is 11.6 Å². The lowest BCUT2D eigenvalue weighted by molar-refractivity contribution is 0.0846. The molecule has 5 rings (SSSR count). The number of amides is 2. The summed E-state index contributed by atoms with van der Waals surface area (Å²) >= 11 is 6.28. The second kappa shape index (κ2) is 8.47. The third-order valence-corrected chi connectivity index (χ3v) is 5.85. The lowest BCUT2D eigenvalue weighted by Crippen LogP contribution is -2.41. The number of halogens is 1. The van der Waals surface area contributed by atoms with Crippen molar-refractivity contribution in [1.82, 2.24) is 40.8 Å². The summed E-state index contributed by atoms with van der Waals surface area (Å²) in [5.74, 6) is -0.639. The molecule has 10 nitrogen and oxygen atoms in total. The number of nitrogens with zero attached hydrogens (tertiary/aromatic N) is 6. The molecule has 2 N–H and O–H groups in total. The van der Waals surface area contributed by atoms with Crippen molar-refractivity contribution in [2.75, 3.05) is 0 Å². The van der Waals surface area contributed by atoms with Gasteiger partial charge in [-0.25, -0.2) is 9.36 Å². The molecule has 2 aromatic carbocycles. The Bertz CT molecular complexity index is 1330. The van der Waals surface area contributed by atoms with E-state index in [2.05, 4.69) is 31.5 Å².